The smallest absolute Gasteiger partial charge is 0.0379 e. The molecule has 0 aromatic heterocycles. The molecule has 0 saturated heterocycles. The fourth-order valence-corrected chi connectivity index (χ4v) is 1.55. The molecule has 0 aliphatic rings. The highest BCUT2D eigenvalue weighted by Crippen LogP contribution is 2.22. The summed E-state index contributed by atoms with van der Waals surface area (Å²) < 4.78 is 0. The van der Waals surface area contributed by atoms with E-state index >= 15 is 0 Å². The molecule has 0 aliphatic heterocycles. The van der Waals surface area contributed by atoms with Crippen LogP contribution in [0.25, 0.3) is 11.1 Å². The molecule has 0 unspecified atom stereocenters. The highest BCUT2D eigenvalue weighted by Gasteiger charge is 1.96. The molecule has 16 heavy (non-hydrogen) atoms. The van der Waals surface area contributed by atoms with Crippen LogP contribution in [0.5, 0.6) is 0 Å². The zero-order valence-electron chi connectivity index (χ0n) is 8.98. The Kier molecular flexibility index (Phi) is 2.92. The number of hydrogen-bond donors (Lipinski definition) is 2. The van der Waals surface area contributed by atoms with Crippen LogP contribution in [0, 0.1) is 0 Å². The van der Waals surface area contributed by atoms with Crippen molar-refractivity contribution in [1.82, 2.24) is 0 Å². The summed E-state index contributed by atoms with van der Waals surface area (Å²) in [6.07, 6.45) is 1.66. The average Bonchev–Trinajstić information content (AvgIpc) is 2.32. The number of nitrogens with one attached hydrogen (secondary N) is 1. The maximum Gasteiger partial charge on any atom is 0.0379 e. The second kappa shape index (κ2) is 4.53. The van der Waals surface area contributed by atoms with E-state index in [9.17, 15) is 0 Å². The van der Waals surface area contributed by atoms with Crippen molar-refractivity contribution in [2.45, 2.75) is 0 Å². The van der Waals surface area contributed by atoms with Crippen LogP contribution in [0.15, 0.2) is 61.3 Å². The van der Waals surface area contributed by atoms with Gasteiger partial charge in [-0.05, 0) is 41.6 Å². The van der Waals surface area contributed by atoms with Crippen LogP contribution < -0.4 is 11.1 Å². The molecule has 0 fully saturated rings. The Morgan fingerprint density at radius 1 is 0.875 bits per heavy atom. The van der Waals surface area contributed by atoms with E-state index in [0.29, 0.717) is 0 Å². The first kappa shape index (κ1) is 10.3. The summed E-state index contributed by atoms with van der Waals surface area (Å²) in [6, 6.07) is 16.0. The third-order valence-corrected chi connectivity index (χ3v) is 2.40. The quantitative estimate of drug-likeness (QED) is 0.761. The largest absolute Gasteiger partial charge is 0.399 e. The van der Waals surface area contributed by atoms with Crippen molar-refractivity contribution in [1.29, 1.82) is 0 Å². The molecule has 0 amide bonds. The zero-order valence-corrected chi connectivity index (χ0v) is 8.98. The summed E-state index contributed by atoms with van der Waals surface area (Å²) in [5.74, 6) is 0. The predicted octanol–water partition coefficient (Wildman–Crippen LogP) is 3.49. The minimum Gasteiger partial charge on any atom is -0.399 e. The average molecular weight is 210 g/mol. The van der Waals surface area contributed by atoms with Crippen molar-refractivity contribution < 1.29 is 0 Å². The zero-order chi connectivity index (χ0) is 11.4. The van der Waals surface area contributed by atoms with E-state index < -0.39 is 0 Å². The molecule has 2 rings (SSSR count). The molecule has 0 saturated carbocycles. The summed E-state index contributed by atoms with van der Waals surface area (Å²) in [5, 5.41) is 3.04. The van der Waals surface area contributed by atoms with Crippen LogP contribution in [0.1, 0.15) is 0 Å². The maximum absolute atomic E-state index is 5.65. The Balaban J connectivity index is 2.27. The van der Waals surface area contributed by atoms with Gasteiger partial charge in [0.1, 0.15) is 0 Å². The molecular formula is C14H14N2. The summed E-state index contributed by atoms with van der Waals surface area (Å²) in [4.78, 5) is 0. The molecule has 3 N–H and O–H groups in total. The van der Waals surface area contributed by atoms with Gasteiger partial charge in [0.05, 0.1) is 0 Å². The summed E-state index contributed by atoms with van der Waals surface area (Å²) in [7, 11) is 0. The Morgan fingerprint density at radius 3 is 1.88 bits per heavy atom. The van der Waals surface area contributed by atoms with Gasteiger partial charge >= 0.3 is 0 Å². The fraction of sp³-hybridized carbons (Fsp3) is 0. The van der Waals surface area contributed by atoms with E-state index in [0.717, 1.165) is 11.4 Å². The lowest BCUT2D eigenvalue weighted by Gasteiger charge is -2.04. The molecule has 0 spiro atoms. The van der Waals surface area contributed by atoms with E-state index in [4.69, 9.17) is 5.73 Å². The van der Waals surface area contributed by atoms with Crippen LogP contribution in [-0.4, -0.2) is 0 Å². The standard InChI is InChI=1S/C14H14N2/c1-2-16-14-9-5-12(6-10-14)11-3-7-13(15)8-4-11/h2-10,16H,1,15H2. The van der Waals surface area contributed by atoms with E-state index in [1.165, 1.54) is 11.1 Å². The van der Waals surface area contributed by atoms with Gasteiger partial charge in [0.15, 0.2) is 0 Å². The van der Waals surface area contributed by atoms with E-state index in [1.807, 2.05) is 36.4 Å². The molecule has 0 bridgehead atoms. The molecule has 2 aromatic carbocycles. The van der Waals surface area contributed by atoms with Gasteiger partial charge in [0.25, 0.3) is 0 Å². The van der Waals surface area contributed by atoms with Gasteiger partial charge in [0, 0.05) is 11.4 Å². The second-order valence-electron chi connectivity index (χ2n) is 3.55. The molecule has 0 radical (unpaired) electrons. The molecule has 0 aliphatic carbocycles. The Morgan fingerprint density at radius 2 is 1.38 bits per heavy atom. The highest BCUT2D eigenvalue weighted by molar-refractivity contribution is 5.67. The van der Waals surface area contributed by atoms with Gasteiger partial charge in [0.2, 0.25) is 0 Å². The molecule has 2 nitrogen and oxygen atoms in total. The van der Waals surface area contributed by atoms with Crippen molar-refractivity contribution in [3.8, 4) is 11.1 Å². The first-order chi connectivity index (χ1) is 7.79. The lowest BCUT2D eigenvalue weighted by Crippen LogP contribution is -1.86. The van der Waals surface area contributed by atoms with E-state index in [1.54, 1.807) is 6.20 Å². The normalized spacial score (nSPS) is 9.75. The predicted molar refractivity (Wildman–Crippen MR) is 70.1 cm³/mol. The number of anilines is 2. The van der Waals surface area contributed by atoms with Gasteiger partial charge < -0.3 is 11.1 Å². The number of nitrogens with two attached hydrogens (primary N) is 1. The number of hydrogen-bond acceptors (Lipinski definition) is 2. The summed E-state index contributed by atoms with van der Waals surface area (Å²) in [6.45, 7) is 3.62. The molecular weight excluding hydrogens is 196 g/mol. The molecule has 0 atom stereocenters. The van der Waals surface area contributed by atoms with Gasteiger partial charge in [-0.2, -0.15) is 0 Å². The number of rotatable bonds is 3. The third kappa shape index (κ3) is 2.23. The van der Waals surface area contributed by atoms with Crippen molar-refractivity contribution in [3.63, 3.8) is 0 Å². The number of benzene rings is 2. The maximum atomic E-state index is 5.65. The third-order valence-electron chi connectivity index (χ3n) is 2.40. The lowest BCUT2D eigenvalue weighted by molar-refractivity contribution is 1.57. The van der Waals surface area contributed by atoms with Gasteiger partial charge in [-0.15, -0.1) is 0 Å². The lowest BCUT2D eigenvalue weighted by atomic mass is 10.1. The fourth-order valence-electron chi connectivity index (χ4n) is 1.55. The SMILES string of the molecule is C=CNc1ccc(-c2ccc(N)cc2)cc1. The van der Waals surface area contributed by atoms with Crippen molar-refractivity contribution in [2.24, 2.45) is 0 Å². The van der Waals surface area contributed by atoms with Crippen LogP contribution in [0.2, 0.25) is 0 Å². The Bertz CT molecular complexity index is 469. The van der Waals surface area contributed by atoms with Gasteiger partial charge in [-0.3, -0.25) is 0 Å². The monoisotopic (exact) mass is 210 g/mol. The van der Waals surface area contributed by atoms with Crippen LogP contribution in [0.4, 0.5) is 11.4 Å². The molecule has 80 valence electrons. The van der Waals surface area contributed by atoms with Crippen molar-refractivity contribution in [3.05, 3.63) is 61.3 Å². The van der Waals surface area contributed by atoms with Crippen LogP contribution >= 0.6 is 0 Å². The van der Waals surface area contributed by atoms with Crippen LogP contribution in [-0.2, 0) is 0 Å². The minimum atomic E-state index is 0.786. The minimum absolute atomic E-state index is 0.786. The second-order valence-corrected chi connectivity index (χ2v) is 3.55. The van der Waals surface area contributed by atoms with E-state index in [2.05, 4.69) is 24.0 Å². The molecule has 0 heterocycles. The molecule has 2 aromatic rings. The van der Waals surface area contributed by atoms with Crippen molar-refractivity contribution in [2.75, 3.05) is 11.1 Å². The van der Waals surface area contributed by atoms with Gasteiger partial charge in [-0.1, -0.05) is 30.8 Å². The Hall–Kier alpha value is -2.22. The first-order valence-electron chi connectivity index (χ1n) is 5.13. The first-order valence-corrected chi connectivity index (χ1v) is 5.13. The topological polar surface area (TPSA) is 38.0 Å². The van der Waals surface area contributed by atoms with Gasteiger partial charge in [-0.25, -0.2) is 0 Å². The van der Waals surface area contributed by atoms with Crippen LogP contribution in [0.3, 0.4) is 0 Å². The Labute approximate surface area is 95.4 Å². The number of nitrogen functional groups attached to an aromatic ring is 1. The molecule has 2 heteroatoms. The van der Waals surface area contributed by atoms with Crippen molar-refractivity contribution >= 4 is 11.4 Å². The summed E-state index contributed by atoms with van der Waals surface area (Å²) >= 11 is 0. The van der Waals surface area contributed by atoms with E-state index in [-0.39, 0.29) is 0 Å². The summed E-state index contributed by atoms with van der Waals surface area (Å²) in [5.41, 5.74) is 9.81. The highest BCUT2D eigenvalue weighted by atomic mass is 14.8.